The van der Waals surface area contributed by atoms with E-state index in [4.69, 9.17) is 4.74 Å². The van der Waals surface area contributed by atoms with Crippen LogP contribution in [0.4, 0.5) is 0 Å². The second-order valence-electron chi connectivity index (χ2n) is 6.59. The highest BCUT2D eigenvalue weighted by Crippen LogP contribution is 2.27. The molecule has 4 nitrogen and oxygen atoms in total. The lowest BCUT2D eigenvalue weighted by Crippen LogP contribution is -2.45. The number of piperidine rings is 1. The maximum atomic E-state index is 12.1. The molecule has 0 unspecified atom stereocenters. The molecule has 1 aliphatic heterocycles. The fourth-order valence-electron chi connectivity index (χ4n) is 2.85. The fraction of sp³-hybridized carbons (Fsp3) is 0.611. The Hall–Kier alpha value is -1.26. The van der Waals surface area contributed by atoms with Crippen LogP contribution in [0.3, 0.4) is 0 Å². The first kappa shape index (κ1) is 18.1. The van der Waals surface area contributed by atoms with Crippen LogP contribution in [0.25, 0.3) is 0 Å². The molecule has 2 fully saturated rings. The molecule has 1 N–H and O–H groups in total. The van der Waals surface area contributed by atoms with Crippen LogP contribution in [-0.2, 0) is 4.79 Å². The van der Waals surface area contributed by atoms with Crippen LogP contribution >= 0.6 is 12.4 Å². The standard InChI is InChI=1S/C18H26N2O2.ClH/c1-14-2-6-16(7-3-14)22-17-8-10-20(11-9-17)18(21)13-19-12-15-4-5-15;/h2-3,6-7,15,17,19H,4-5,8-13H2,1H3;1H. The molecule has 128 valence electrons. The topological polar surface area (TPSA) is 41.6 Å². The number of nitrogens with zero attached hydrogens (tertiary/aromatic N) is 1. The molecule has 0 spiro atoms. The second kappa shape index (κ2) is 8.55. The zero-order valence-corrected chi connectivity index (χ0v) is 14.6. The van der Waals surface area contributed by atoms with Crippen molar-refractivity contribution in [2.24, 2.45) is 5.92 Å². The van der Waals surface area contributed by atoms with Crippen LogP contribution in [0, 0.1) is 12.8 Å². The second-order valence-corrected chi connectivity index (χ2v) is 6.59. The highest BCUT2D eigenvalue weighted by molar-refractivity contribution is 5.85. The lowest BCUT2D eigenvalue weighted by molar-refractivity contribution is -0.132. The molecule has 23 heavy (non-hydrogen) atoms. The average Bonchev–Trinajstić information content (AvgIpc) is 3.34. The summed E-state index contributed by atoms with van der Waals surface area (Å²) in [7, 11) is 0. The molecule has 2 aliphatic rings. The highest BCUT2D eigenvalue weighted by Gasteiger charge is 2.25. The van der Waals surface area contributed by atoms with Crippen LogP contribution in [0.1, 0.15) is 31.2 Å². The van der Waals surface area contributed by atoms with Crippen molar-refractivity contribution in [1.82, 2.24) is 10.2 Å². The maximum Gasteiger partial charge on any atom is 0.236 e. The first-order valence-corrected chi connectivity index (χ1v) is 8.42. The smallest absolute Gasteiger partial charge is 0.236 e. The van der Waals surface area contributed by atoms with Gasteiger partial charge in [0.25, 0.3) is 0 Å². The summed E-state index contributed by atoms with van der Waals surface area (Å²) >= 11 is 0. The highest BCUT2D eigenvalue weighted by atomic mass is 35.5. The van der Waals surface area contributed by atoms with Crippen LogP contribution in [0.5, 0.6) is 5.75 Å². The van der Waals surface area contributed by atoms with Crippen molar-refractivity contribution in [2.45, 2.75) is 38.7 Å². The summed E-state index contributed by atoms with van der Waals surface area (Å²) < 4.78 is 6.01. The van der Waals surface area contributed by atoms with Crippen molar-refractivity contribution < 1.29 is 9.53 Å². The Labute approximate surface area is 145 Å². The number of likely N-dealkylation sites (tertiary alicyclic amines) is 1. The van der Waals surface area contributed by atoms with Gasteiger partial charge in [-0.25, -0.2) is 0 Å². The molecule has 0 aromatic heterocycles. The van der Waals surface area contributed by atoms with Gasteiger partial charge in [-0.3, -0.25) is 4.79 Å². The minimum absolute atomic E-state index is 0. The molecular formula is C18H27ClN2O2. The number of hydrogen-bond acceptors (Lipinski definition) is 3. The Balaban J connectivity index is 0.00000192. The van der Waals surface area contributed by atoms with Gasteiger partial charge in [0.05, 0.1) is 6.54 Å². The van der Waals surface area contributed by atoms with Crippen molar-refractivity contribution in [3.63, 3.8) is 0 Å². The zero-order chi connectivity index (χ0) is 15.4. The lowest BCUT2D eigenvalue weighted by atomic mass is 10.1. The number of carbonyl (C=O) groups excluding carboxylic acids is 1. The molecule has 1 aromatic rings. The van der Waals surface area contributed by atoms with E-state index in [1.165, 1.54) is 18.4 Å². The number of benzene rings is 1. The van der Waals surface area contributed by atoms with Gasteiger partial charge in [0.1, 0.15) is 11.9 Å². The van der Waals surface area contributed by atoms with Gasteiger partial charge in [0.2, 0.25) is 5.91 Å². The average molecular weight is 339 g/mol. The van der Waals surface area contributed by atoms with Crippen LogP contribution in [-0.4, -0.2) is 43.1 Å². The molecule has 0 bridgehead atoms. The Morgan fingerprint density at radius 3 is 2.43 bits per heavy atom. The number of nitrogens with one attached hydrogen (secondary N) is 1. The van der Waals surface area contributed by atoms with Gasteiger partial charge in [-0.2, -0.15) is 0 Å². The van der Waals surface area contributed by atoms with Crippen molar-refractivity contribution in [3.8, 4) is 5.75 Å². The van der Waals surface area contributed by atoms with Crippen molar-refractivity contribution in [2.75, 3.05) is 26.2 Å². The summed E-state index contributed by atoms with van der Waals surface area (Å²) in [6, 6.07) is 8.18. The lowest BCUT2D eigenvalue weighted by Gasteiger charge is -2.32. The van der Waals surface area contributed by atoms with Gasteiger partial charge >= 0.3 is 0 Å². The van der Waals surface area contributed by atoms with E-state index in [0.29, 0.717) is 6.54 Å². The third-order valence-electron chi connectivity index (χ3n) is 4.52. The summed E-state index contributed by atoms with van der Waals surface area (Å²) in [5, 5.41) is 3.28. The van der Waals surface area contributed by atoms with Crippen LogP contribution in [0.15, 0.2) is 24.3 Å². The predicted molar refractivity (Wildman–Crippen MR) is 94.3 cm³/mol. The summed E-state index contributed by atoms with van der Waals surface area (Å²) in [4.78, 5) is 14.1. The summed E-state index contributed by atoms with van der Waals surface area (Å²) in [5.41, 5.74) is 1.24. The number of halogens is 1. The third-order valence-corrected chi connectivity index (χ3v) is 4.52. The van der Waals surface area contributed by atoms with E-state index in [1.54, 1.807) is 0 Å². The largest absolute Gasteiger partial charge is 0.490 e. The molecule has 1 amide bonds. The van der Waals surface area contributed by atoms with Crippen LogP contribution in [0.2, 0.25) is 0 Å². The van der Waals surface area contributed by atoms with E-state index in [2.05, 4.69) is 24.4 Å². The molecule has 1 saturated carbocycles. The van der Waals surface area contributed by atoms with Gasteiger partial charge in [0.15, 0.2) is 0 Å². The summed E-state index contributed by atoms with van der Waals surface area (Å²) in [5.74, 6) is 1.98. The van der Waals surface area contributed by atoms with E-state index in [0.717, 1.165) is 44.1 Å². The zero-order valence-electron chi connectivity index (χ0n) is 13.8. The maximum absolute atomic E-state index is 12.1. The monoisotopic (exact) mass is 338 g/mol. The van der Waals surface area contributed by atoms with Crippen LogP contribution < -0.4 is 10.1 Å². The Morgan fingerprint density at radius 1 is 1.17 bits per heavy atom. The van der Waals surface area contributed by atoms with Gasteiger partial charge in [-0.15, -0.1) is 12.4 Å². The number of rotatable bonds is 6. The molecule has 1 saturated heterocycles. The minimum Gasteiger partial charge on any atom is -0.490 e. The van der Waals surface area contributed by atoms with E-state index in [1.807, 2.05) is 17.0 Å². The van der Waals surface area contributed by atoms with E-state index in [9.17, 15) is 4.79 Å². The molecular weight excluding hydrogens is 312 g/mol. The molecule has 0 atom stereocenters. The van der Waals surface area contributed by atoms with Gasteiger partial charge in [-0.05, 0) is 44.4 Å². The number of hydrogen-bond donors (Lipinski definition) is 1. The fourth-order valence-corrected chi connectivity index (χ4v) is 2.85. The van der Waals surface area contributed by atoms with Crippen molar-refractivity contribution >= 4 is 18.3 Å². The molecule has 5 heteroatoms. The number of carbonyl (C=O) groups is 1. The number of aryl methyl sites for hydroxylation is 1. The van der Waals surface area contributed by atoms with E-state index < -0.39 is 0 Å². The normalized spacial score (nSPS) is 18.4. The predicted octanol–water partition coefficient (Wildman–Crippen LogP) is 2.79. The minimum atomic E-state index is 0. The molecule has 1 heterocycles. The van der Waals surface area contributed by atoms with E-state index in [-0.39, 0.29) is 24.4 Å². The summed E-state index contributed by atoms with van der Waals surface area (Å²) in [6.07, 6.45) is 4.71. The van der Waals surface area contributed by atoms with Crippen molar-refractivity contribution in [1.29, 1.82) is 0 Å². The van der Waals surface area contributed by atoms with Gasteiger partial charge in [0, 0.05) is 25.9 Å². The SMILES string of the molecule is Cc1ccc(OC2CCN(C(=O)CNCC3CC3)CC2)cc1.Cl. The Kier molecular flexibility index (Phi) is 6.72. The number of ether oxygens (including phenoxy) is 1. The van der Waals surface area contributed by atoms with Gasteiger partial charge in [-0.1, -0.05) is 17.7 Å². The number of amides is 1. The molecule has 0 radical (unpaired) electrons. The molecule has 1 aromatic carbocycles. The Morgan fingerprint density at radius 2 is 1.83 bits per heavy atom. The van der Waals surface area contributed by atoms with Crippen molar-refractivity contribution in [3.05, 3.63) is 29.8 Å². The third kappa shape index (κ3) is 5.70. The summed E-state index contributed by atoms with van der Waals surface area (Å²) in [6.45, 7) is 5.17. The quantitative estimate of drug-likeness (QED) is 0.867. The van der Waals surface area contributed by atoms with Gasteiger partial charge < -0.3 is 15.0 Å². The molecule has 3 rings (SSSR count). The Bertz CT molecular complexity index is 494. The first-order chi connectivity index (χ1) is 10.7. The first-order valence-electron chi connectivity index (χ1n) is 8.42. The molecule has 1 aliphatic carbocycles. The van der Waals surface area contributed by atoms with E-state index >= 15 is 0 Å².